The maximum absolute atomic E-state index is 13.3. The molecule has 0 saturated carbocycles. The predicted molar refractivity (Wildman–Crippen MR) is 70.2 cm³/mol. The highest BCUT2D eigenvalue weighted by Crippen LogP contribution is 2.22. The zero-order valence-electron chi connectivity index (χ0n) is 10.7. The van der Waals surface area contributed by atoms with Crippen molar-refractivity contribution in [3.05, 3.63) is 42.2 Å². The lowest BCUT2D eigenvalue weighted by molar-refractivity contribution is -0.141. The molecule has 0 heterocycles. The molecule has 1 unspecified atom stereocenters. The summed E-state index contributed by atoms with van der Waals surface area (Å²) in [7, 11) is 0. The third kappa shape index (κ3) is 3.58. The Labute approximate surface area is 106 Å². The summed E-state index contributed by atoms with van der Waals surface area (Å²) in [6, 6.07) is 4.41. The summed E-state index contributed by atoms with van der Waals surface area (Å²) < 4.78 is 13.3. The van der Waals surface area contributed by atoms with E-state index in [4.69, 9.17) is 0 Å². The number of nitrogens with one attached hydrogen (secondary N) is 1. The Hall–Kier alpha value is -1.84. The highest BCUT2D eigenvalue weighted by molar-refractivity contribution is 5.82. The van der Waals surface area contributed by atoms with Crippen molar-refractivity contribution in [2.45, 2.75) is 32.2 Å². The van der Waals surface area contributed by atoms with Gasteiger partial charge >= 0.3 is 5.97 Å². The molecule has 0 amide bonds. The summed E-state index contributed by atoms with van der Waals surface area (Å²) in [5.74, 6) is -1.35. The van der Waals surface area contributed by atoms with Crippen LogP contribution in [0.25, 0.3) is 0 Å². The fourth-order valence-electron chi connectivity index (χ4n) is 1.74. The molecule has 0 aromatic heterocycles. The van der Waals surface area contributed by atoms with Crippen molar-refractivity contribution in [3.63, 3.8) is 0 Å². The van der Waals surface area contributed by atoms with Crippen LogP contribution in [0.1, 0.15) is 25.3 Å². The summed E-state index contributed by atoms with van der Waals surface area (Å²) in [5, 5.41) is 12.2. The average molecular weight is 251 g/mol. The number of hydrogen-bond acceptors (Lipinski definition) is 2. The lowest BCUT2D eigenvalue weighted by Gasteiger charge is -2.27. The van der Waals surface area contributed by atoms with Crippen LogP contribution in [0, 0.1) is 12.7 Å². The molecular weight excluding hydrogens is 233 g/mol. The molecule has 0 bridgehead atoms. The van der Waals surface area contributed by atoms with E-state index in [9.17, 15) is 14.3 Å². The van der Waals surface area contributed by atoms with Crippen LogP contribution in [0.4, 0.5) is 10.1 Å². The van der Waals surface area contributed by atoms with E-state index in [0.717, 1.165) is 5.56 Å². The second-order valence-electron chi connectivity index (χ2n) is 4.61. The number of aryl methyl sites for hydroxylation is 1. The van der Waals surface area contributed by atoms with Gasteiger partial charge in [-0.25, -0.2) is 9.18 Å². The third-order valence-electron chi connectivity index (χ3n) is 2.78. The second kappa shape index (κ2) is 5.67. The first-order valence-electron chi connectivity index (χ1n) is 5.77. The van der Waals surface area contributed by atoms with Gasteiger partial charge in [-0.2, -0.15) is 0 Å². The van der Waals surface area contributed by atoms with Crippen LogP contribution in [0.15, 0.2) is 30.9 Å². The van der Waals surface area contributed by atoms with E-state index in [2.05, 4.69) is 11.9 Å². The molecule has 1 aromatic rings. The van der Waals surface area contributed by atoms with Crippen LogP contribution in [0.5, 0.6) is 0 Å². The minimum atomic E-state index is -1.13. The van der Waals surface area contributed by atoms with Gasteiger partial charge in [0.05, 0.1) is 0 Å². The molecule has 1 rings (SSSR count). The van der Waals surface area contributed by atoms with E-state index in [1.807, 2.05) is 0 Å². The van der Waals surface area contributed by atoms with E-state index in [-0.39, 0.29) is 5.82 Å². The molecule has 0 radical (unpaired) electrons. The molecule has 1 atom stereocenters. The van der Waals surface area contributed by atoms with Gasteiger partial charge in [-0.15, -0.1) is 6.58 Å². The van der Waals surface area contributed by atoms with Crippen molar-refractivity contribution < 1.29 is 14.3 Å². The molecule has 0 fully saturated rings. The standard InChI is InChI=1S/C14H18FNO2/c1-4-5-6-14(3,13(17)18)16-12-8-10(2)7-11(15)9-12/h4,7-9,16H,1,5-6H2,2-3H3,(H,17,18). The van der Waals surface area contributed by atoms with Gasteiger partial charge in [0, 0.05) is 5.69 Å². The molecule has 0 spiro atoms. The van der Waals surface area contributed by atoms with Crippen LogP contribution in [0.2, 0.25) is 0 Å². The molecular formula is C14H18FNO2. The first-order chi connectivity index (χ1) is 8.37. The number of carbonyl (C=O) groups is 1. The van der Waals surface area contributed by atoms with E-state index < -0.39 is 11.5 Å². The Morgan fingerprint density at radius 2 is 2.22 bits per heavy atom. The smallest absolute Gasteiger partial charge is 0.329 e. The normalized spacial score (nSPS) is 13.7. The maximum Gasteiger partial charge on any atom is 0.329 e. The monoisotopic (exact) mass is 251 g/mol. The van der Waals surface area contributed by atoms with Crippen molar-refractivity contribution >= 4 is 11.7 Å². The largest absolute Gasteiger partial charge is 0.480 e. The molecule has 2 N–H and O–H groups in total. The number of allylic oxidation sites excluding steroid dienone is 1. The summed E-state index contributed by atoms with van der Waals surface area (Å²) in [6.45, 7) is 6.92. The van der Waals surface area contributed by atoms with Gasteiger partial charge in [0.15, 0.2) is 0 Å². The number of hydrogen-bond donors (Lipinski definition) is 2. The molecule has 4 heteroatoms. The molecule has 18 heavy (non-hydrogen) atoms. The van der Waals surface area contributed by atoms with E-state index in [1.165, 1.54) is 12.1 Å². The Bertz CT molecular complexity index is 439. The Kier molecular flexibility index (Phi) is 4.48. The summed E-state index contributed by atoms with van der Waals surface area (Å²) >= 11 is 0. The Morgan fingerprint density at radius 3 is 2.72 bits per heavy atom. The van der Waals surface area contributed by atoms with Crippen LogP contribution < -0.4 is 5.32 Å². The van der Waals surface area contributed by atoms with Crippen LogP contribution in [-0.2, 0) is 4.79 Å². The maximum atomic E-state index is 13.3. The molecule has 1 aromatic carbocycles. The molecule has 98 valence electrons. The zero-order valence-corrected chi connectivity index (χ0v) is 10.7. The number of benzene rings is 1. The van der Waals surface area contributed by atoms with E-state index in [0.29, 0.717) is 18.5 Å². The number of carboxylic acid groups (broad SMARTS) is 1. The molecule has 3 nitrogen and oxygen atoms in total. The number of anilines is 1. The summed E-state index contributed by atoms with van der Waals surface area (Å²) in [4.78, 5) is 11.3. The fourth-order valence-corrected chi connectivity index (χ4v) is 1.74. The predicted octanol–water partition coefficient (Wildman–Crippen LogP) is 3.36. The number of carboxylic acids is 1. The third-order valence-corrected chi connectivity index (χ3v) is 2.78. The molecule has 0 aliphatic carbocycles. The number of halogens is 1. The molecule has 0 aliphatic rings. The lowest BCUT2D eigenvalue weighted by atomic mass is 9.95. The molecule has 0 aliphatic heterocycles. The Balaban J connectivity index is 2.95. The van der Waals surface area contributed by atoms with Crippen LogP contribution >= 0.6 is 0 Å². The van der Waals surface area contributed by atoms with Crippen molar-refractivity contribution in [1.82, 2.24) is 0 Å². The van der Waals surface area contributed by atoms with Gasteiger partial charge in [0.1, 0.15) is 11.4 Å². The Morgan fingerprint density at radius 1 is 1.56 bits per heavy atom. The average Bonchev–Trinajstić information content (AvgIpc) is 2.24. The number of aliphatic carboxylic acids is 1. The van der Waals surface area contributed by atoms with Gasteiger partial charge in [0.2, 0.25) is 0 Å². The van der Waals surface area contributed by atoms with Crippen LogP contribution in [0.3, 0.4) is 0 Å². The SMILES string of the molecule is C=CCCC(C)(Nc1cc(C)cc(F)c1)C(=O)O. The second-order valence-corrected chi connectivity index (χ2v) is 4.61. The zero-order chi connectivity index (χ0) is 13.8. The van der Waals surface area contributed by atoms with Crippen molar-refractivity contribution in [2.75, 3.05) is 5.32 Å². The van der Waals surface area contributed by atoms with Crippen molar-refractivity contribution in [3.8, 4) is 0 Å². The molecule has 0 saturated heterocycles. The summed E-state index contributed by atoms with van der Waals surface area (Å²) in [6.07, 6.45) is 2.63. The lowest BCUT2D eigenvalue weighted by Crippen LogP contribution is -2.43. The highest BCUT2D eigenvalue weighted by Gasteiger charge is 2.32. The topological polar surface area (TPSA) is 49.3 Å². The van der Waals surface area contributed by atoms with Crippen LogP contribution in [-0.4, -0.2) is 16.6 Å². The first kappa shape index (κ1) is 14.2. The minimum absolute atomic E-state index is 0.381. The highest BCUT2D eigenvalue weighted by atomic mass is 19.1. The van der Waals surface area contributed by atoms with Gasteiger partial charge in [-0.3, -0.25) is 0 Å². The van der Waals surface area contributed by atoms with Gasteiger partial charge in [0.25, 0.3) is 0 Å². The fraction of sp³-hybridized carbons (Fsp3) is 0.357. The first-order valence-corrected chi connectivity index (χ1v) is 5.77. The van der Waals surface area contributed by atoms with Crippen molar-refractivity contribution in [1.29, 1.82) is 0 Å². The van der Waals surface area contributed by atoms with Gasteiger partial charge in [-0.05, 0) is 50.5 Å². The minimum Gasteiger partial charge on any atom is -0.480 e. The quantitative estimate of drug-likeness (QED) is 0.762. The van der Waals surface area contributed by atoms with E-state index in [1.54, 1.807) is 26.0 Å². The van der Waals surface area contributed by atoms with E-state index >= 15 is 0 Å². The van der Waals surface area contributed by atoms with Gasteiger partial charge in [-0.1, -0.05) is 6.08 Å². The van der Waals surface area contributed by atoms with Gasteiger partial charge < -0.3 is 10.4 Å². The number of rotatable bonds is 6. The van der Waals surface area contributed by atoms with Crippen molar-refractivity contribution in [2.24, 2.45) is 0 Å². The summed E-state index contributed by atoms with van der Waals surface area (Å²) in [5.41, 5.74) is 0.0875.